The summed E-state index contributed by atoms with van der Waals surface area (Å²) in [6, 6.07) is 7.26. The fourth-order valence-electron chi connectivity index (χ4n) is 2.85. The van der Waals surface area contributed by atoms with Crippen molar-refractivity contribution in [1.29, 1.82) is 0 Å². The van der Waals surface area contributed by atoms with Crippen LogP contribution < -0.4 is 0 Å². The van der Waals surface area contributed by atoms with Gasteiger partial charge in [-0.25, -0.2) is 12.8 Å². The third-order valence-electron chi connectivity index (χ3n) is 4.03. The molecule has 8 heteroatoms. The molecule has 23 heavy (non-hydrogen) atoms. The monoisotopic (exact) mass is 338 g/mol. The van der Waals surface area contributed by atoms with E-state index in [9.17, 15) is 13.2 Å². The third-order valence-corrected chi connectivity index (χ3v) is 6.22. The lowest BCUT2D eigenvalue weighted by atomic mass is 10.0. The Kier molecular flexibility index (Phi) is 3.79. The van der Waals surface area contributed by atoms with Crippen molar-refractivity contribution in [3.8, 4) is 0 Å². The maximum Gasteiger partial charge on any atom is 0.294 e. The number of carbonyl (C=O) groups excluding carboxylic acids is 1. The van der Waals surface area contributed by atoms with Crippen molar-refractivity contribution < 1.29 is 22.0 Å². The number of carbonyl (C=O) groups is 1. The predicted molar refractivity (Wildman–Crippen MR) is 77.8 cm³/mol. The SMILES string of the molecule is Cc1nnc(C(F)(C2CCC(=O)C2)S(=O)(=O)c2ccccc2)o1. The van der Waals surface area contributed by atoms with Crippen LogP contribution in [-0.4, -0.2) is 24.4 Å². The Morgan fingerprint density at radius 2 is 1.96 bits per heavy atom. The van der Waals surface area contributed by atoms with Crippen molar-refractivity contribution in [1.82, 2.24) is 10.2 Å². The van der Waals surface area contributed by atoms with E-state index in [1.165, 1.54) is 31.2 Å². The lowest BCUT2D eigenvalue weighted by Crippen LogP contribution is -2.38. The average molecular weight is 338 g/mol. The molecule has 0 bridgehead atoms. The zero-order valence-corrected chi connectivity index (χ0v) is 13.2. The summed E-state index contributed by atoms with van der Waals surface area (Å²) in [5.74, 6) is -1.76. The van der Waals surface area contributed by atoms with Crippen molar-refractivity contribution in [2.45, 2.75) is 36.1 Å². The highest BCUT2D eigenvalue weighted by atomic mass is 32.2. The number of hydrogen-bond donors (Lipinski definition) is 0. The van der Waals surface area contributed by atoms with Gasteiger partial charge in [0, 0.05) is 25.7 Å². The molecule has 0 amide bonds. The molecular formula is C15H15FN2O4S. The second kappa shape index (κ2) is 5.52. The first kappa shape index (κ1) is 15.8. The van der Waals surface area contributed by atoms with E-state index < -0.39 is 26.6 Å². The molecule has 0 radical (unpaired) electrons. The van der Waals surface area contributed by atoms with E-state index in [1.807, 2.05) is 0 Å². The minimum atomic E-state index is -4.46. The number of benzene rings is 1. The summed E-state index contributed by atoms with van der Waals surface area (Å²) >= 11 is 0. The maximum absolute atomic E-state index is 15.9. The van der Waals surface area contributed by atoms with Crippen LogP contribution in [0.1, 0.15) is 31.0 Å². The van der Waals surface area contributed by atoms with Gasteiger partial charge in [-0.15, -0.1) is 10.2 Å². The van der Waals surface area contributed by atoms with E-state index in [0.717, 1.165) is 0 Å². The van der Waals surface area contributed by atoms with Crippen LogP contribution in [0.15, 0.2) is 39.6 Å². The zero-order valence-electron chi connectivity index (χ0n) is 12.4. The van der Waals surface area contributed by atoms with E-state index >= 15 is 4.39 Å². The third kappa shape index (κ3) is 2.46. The Morgan fingerprint density at radius 3 is 2.48 bits per heavy atom. The van der Waals surface area contributed by atoms with Gasteiger partial charge >= 0.3 is 0 Å². The topological polar surface area (TPSA) is 90.1 Å². The molecule has 0 saturated heterocycles. The number of ketones is 1. The molecule has 2 aromatic rings. The zero-order chi connectivity index (χ0) is 16.7. The van der Waals surface area contributed by atoms with Crippen LogP contribution in [0.25, 0.3) is 0 Å². The molecule has 122 valence electrons. The van der Waals surface area contributed by atoms with Gasteiger partial charge < -0.3 is 4.42 Å². The van der Waals surface area contributed by atoms with Crippen molar-refractivity contribution >= 4 is 15.6 Å². The molecule has 0 N–H and O–H groups in total. The summed E-state index contributed by atoms with van der Waals surface area (Å²) in [5.41, 5.74) is 0. The summed E-state index contributed by atoms with van der Waals surface area (Å²) in [6.45, 7) is 1.45. The Labute approximate surface area is 132 Å². The van der Waals surface area contributed by atoms with Gasteiger partial charge in [-0.1, -0.05) is 18.2 Å². The number of Topliss-reactive ketones (excluding diaryl/α,β-unsaturated/α-hetero) is 1. The average Bonchev–Trinajstić information content (AvgIpc) is 3.16. The molecular weight excluding hydrogens is 323 g/mol. The summed E-state index contributed by atoms with van der Waals surface area (Å²) in [5, 5.41) is 4.23. The number of rotatable bonds is 4. The normalized spacial score (nSPS) is 21.3. The van der Waals surface area contributed by atoms with E-state index in [4.69, 9.17) is 4.42 Å². The first-order valence-electron chi connectivity index (χ1n) is 7.16. The molecule has 6 nitrogen and oxygen atoms in total. The van der Waals surface area contributed by atoms with Crippen LogP contribution in [0.3, 0.4) is 0 Å². The van der Waals surface area contributed by atoms with Gasteiger partial charge in [0.25, 0.3) is 10.9 Å². The molecule has 0 aliphatic heterocycles. The van der Waals surface area contributed by atoms with E-state index in [-0.39, 0.29) is 35.8 Å². The van der Waals surface area contributed by atoms with Gasteiger partial charge in [-0.2, -0.15) is 0 Å². The minimum Gasteiger partial charge on any atom is -0.421 e. The lowest BCUT2D eigenvalue weighted by molar-refractivity contribution is -0.117. The number of halogens is 1. The van der Waals surface area contributed by atoms with E-state index in [0.29, 0.717) is 0 Å². The van der Waals surface area contributed by atoms with Crippen LogP contribution in [0, 0.1) is 12.8 Å². The van der Waals surface area contributed by atoms with Gasteiger partial charge in [-0.05, 0) is 18.6 Å². The number of alkyl halides is 1. The van der Waals surface area contributed by atoms with Crippen LogP contribution in [0.5, 0.6) is 0 Å². The molecule has 1 heterocycles. The second-order valence-electron chi connectivity index (χ2n) is 5.57. The highest BCUT2D eigenvalue weighted by molar-refractivity contribution is 7.92. The summed E-state index contributed by atoms with van der Waals surface area (Å²) < 4.78 is 46.9. The Hall–Kier alpha value is -2.09. The summed E-state index contributed by atoms with van der Waals surface area (Å²) in [6.07, 6.45) is 0.112. The number of hydrogen-bond acceptors (Lipinski definition) is 6. The molecule has 1 fully saturated rings. The fourth-order valence-corrected chi connectivity index (χ4v) is 4.66. The van der Waals surface area contributed by atoms with Crippen LogP contribution in [-0.2, 0) is 19.6 Å². The minimum absolute atomic E-state index is 0.0645. The molecule has 1 aromatic carbocycles. The van der Waals surface area contributed by atoms with Gasteiger partial charge in [0.1, 0.15) is 5.78 Å². The van der Waals surface area contributed by atoms with Crippen molar-refractivity contribution in [3.63, 3.8) is 0 Å². The van der Waals surface area contributed by atoms with Crippen molar-refractivity contribution in [2.75, 3.05) is 0 Å². The number of sulfone groups is 1. The Balaban J connectivity index is 2.18. The number of nitrogens with zero attached hydrogens (tertiary/aromatic N) is 2. The lowest BCUT2D eigenvalue weighted by Gasteiger charge is -2.27. The van der Waals surface area contributed by atoms with Crippen LogP contribution in [0.2, 0.25) is 0 Å². The van der Waals surface area contributed by atoms with Gasteiger partial charge in [0.15, 0.2) is 0 Å². The standard InChI is InChI=1S/C15H15FN2O4S/c1-10-17-18-14(22-10)15(16,11-7-8-12(19)9-11)23(20,21)13-5-3-2-4-6-13/h2-6,11H,7-9H2,1H3. The van der Waals surface area contributed by atoms with Crippen molar-refractivity contribution in [2.24, 2.45) is 5.92 Å². The van der Waals surface area contributed by atoms with Crippen molar-refractivity contribution in [3.05, 3.63) is 42.1 Å². The molecule has 1 aliphatic carbocycles. The number of aromatic nitrogens is 2. The first-order chi connectivity index (χ1) is 10.9. The van der Waals surface area contributed by atoms with Crippen LogP contribution >= 0.6 is 0 Å². The highest BCUT2D eigenvalue weighted by Crippen LogP contribution is 2.48. The molecule has 2 atom stereocenters. The van der Waals surface area contributed by atoms with Gasteiger partial charge in [-0.3, -0.25) is 4.79 Å². The predicted octanol–water partition coefficient (Wildman–Crippen LogP) is 2.34. The number of aryl methyl sites for hydroxylation is 1. The molecule has 1 saturated carbocycles. The van der Waals surface area contributed by atoms with E-state index in [2.05, 4.69) is 10.2 Å². The summed E-state index contributed by atoms with van der Waals surface area (Å²) in [4.78, 5) is 11.4. The molecule has 1 aromatic heterocycles. The quantitative estimate of drug-likeness (QED) is 0.850. The van der Waals surface area contributed by atoms with Gasteiger partial charge in [0.05, 0.1) is 4.90 Å². The fraction of sp³-hybridized carbons (Fsp3) is 0.400. The molecule has 2 unspecified atom stereocenters. The molecule has 1 aliphatic rings. The van der Waals surface area contributed by atoms with Gasteiger partial charge in [0.2, 0.25) is 15.7 Å². The maximum atomic E-state index is 15.9. The largest absolute Gasteiger partial charge is 0.421 e. The van der Waals surface area contributed by atoms with E-state index in [1.54, 1.807) is 6.07 Å². The Bertz CT molecular complexity index is 834. The highest BCUT2D eigenvalue weighted by Gasteiger charge is 2.58. The second-order valence-corrected chi connectivity index (χ2v) is 7.64. The molecule has 0 spiro atoms. The smallest absolute Gasteiger partial charge is 0.294 e. The molecule has 3 rings (SSSR count). The first-order valence-corrected chi connectivity index (χ1v) is 8.65. The van der Waals surface area contributed by atoms with Crippen LogP contribution in [0.4, 0.5) is 4.39 Å². The summed E-state index contributed by atoms with van der Waals surface area (Å²) in [7, 11) is -4.46. The Morgan fingerprint density at radius 1 is 1.26 bits per heavy atom.